The van der Waals surface area contributed by atoms with Crippen LogP contribution in [0.4, 0.5) is 0 Å². The maximum atomic E-state index is 12.5. The molecule has 2 rings (SSSR count). The van der Waals surface area contributed by atoms with E-state index in [1.165, 1.54) is 7.11 Å². The van der Waals surface area contributed by atoms with Crippen LogP contribution in [0.2, 0.25) is 0 Å². The van der Waals surface area contributed by atoms with E-state index < -0.39 is 17.9 Å². The van der Waals surface area contributed by atoms with Crippen molar-refractivity contribution in [3.63, 3.8) is 0 Å². The fourth-order valence-electron chi connectivity index (χ4n) is 2.49. The number of carboxylic acids is 1. The van der Waals surface area contributed by atoms with Crippen LogP contribution < -0.4 is 5.32 Å². The van der Waals surface area contributed by atoms with Crippen LogP contribution in [-0.2, 0) is 16.1 Å². The third kappa shape index (κ3) is 3.90. The standard InChI is InChI=1S/C17H21NO5/c1-10(2)8-13(17(20)21)18-16(19)15-12(9-22-3)11-6-4-5-7-14(11)23-15/h4-7,10,13H,8-9H2,1-3H3,(H,18,19)(H,20,21). The van der Waals surface area contributed by atoms with Crippen LogP contribution in [0, 0.1) is 5.92 Å². The van der Waals surface area contributed by atoms with Crippen molar-refractivity contribution in [3.05, 3.63) is 35.6 Å². The van der Waals surface area contributed by atoms with Gasteiger partial charge in [-0.3, -0.25) is 4.79 Å². The van der Waals surface area contributed by atoms with E-state index in [4.69, 9.17) is 9.15 Å². The summed E-state index contributed by atoms with van der Waals surface area (Å²) in [5.41, 5.74) is 1.19. The SMILES string of the molecule is COCc1c(C(=O)NC(CC(C)C)C(=O)O)oc2ccccc12. The minimum absolute atomic E-state index is 0.100. The Morgan fingerprint density at radius 3 is 2.61 bits per heavy atom. The Hall–Kier alpha value is -2.34. The predicted octanol–water partition coefficient (Wildman–Crippen LogP) is 2.81. The number of hydrogen-bond acceptors (Lipinski definition) is 4. The molecule has 0 aliphatic heterocycles. The first kappa shape index (κ1) is 17.0. The molecule has 0 saturated carbocycles. The Balaban J connectivity index is 2.32. The highest BCUT2D eigenvalue weighted by atomic mass is 16.5. The molecule has 1 aromatic carbocycles. The molecule has 2 N–H and O–H groups in total. The Morgan fingerprint density at radius 2 is 2.00 bits per heavy atom. The van der Waals surface area contributed by atoms with Crippen molar-refractivity contribution < 1.29 is 23.8 Å². The summed E-state index contributed by atoms with van der Waals surface area (Å²) in [7, 11) is 1.53. The number of para-hydroxylation sites is 1. The molecule has 1 heterocycles. The van der Waals surface area contributed by atoms with E-state index in [1.54, 1.807) is 6.07 Å². The lowest BCUT2D eigenvalue weighted by Gasteiger charge is -2.16. The number of aliphatic carboxylic acids is 1. The minimum Gasteiger partial charge on any atom is -0.480 e. The van der Waals surface area contributed by atoms with Gasteiger partial charge in [-0.2, -0.15) is 0 Å². The maximum absolute atomic E-state index is 12.5. The molecule has 6 nitrogen and oxygen atoms in total. The zero-order valence-electron chi connectivity index (χ0n) is 13.5. The van der Waals surface area contributed by atoms with Gasteiger partial charge < -0.3 is 19.6 Å². The highest BCUT2D eigenvalue weighted by Crippen LogP contribution is 2.26. The number of ether oxygens (including phenoxy) is 1. The Labute approximate surface area is 134 Å². The fraction of sp³-hybridized carbons (Fsp3) is 0.412. The van der Waals surface area contributed by atoms with E-state index in [-0.39, 0.29) is 18.3 Å². The van der Waals surface area contributed by atoms with Gasteiger partial charge >= 0.3 is 5.97 Å². The first-order valence-electron chi connectivity index (χ1n) is 7.47. The number of benzene rings is 1. The quantitative estimate of drug-likeness (QED) is 0.819. The lowest BCUT2D eigenvalue weighted by atomic mass is 10.0. The van der Waals surface area contributed by atoms with Gasteiger partial charge in [0.25, 0.3) is 5.91 Å². The normalized spacial score (nSPS) is 12.5. The molecule has 0 bridgehead atoms. The molecule has 23 heavy (non-hydrogen) atoms. The molecule has 1 amide bonds. The number of carboxylic acid groups (broad SMARTS) is 1. The van der Waals surface area contributed by atoms with E-state index >= 15 is 0 Å². The number of amides is 1. The van der Waals surface area contributed by atoms with E-state index in [1.807, 2.05) is 32.0 Å². The fourth-order valence-corrected chi connectivity index (χ4v) is 2.49. The number of carbonyl (C=O) groups is 2. The van der Waals surface area contributed by atoms with Crippen LogP contribution in [-0.4, -0.2) is 30.1 Å². The monoisotopic (exact) mass is 319 g/mol. The van der Waals surface area contributed by atoms with Gasteiger partial charge in [-0.05, 0) is 18.4 Å². The smallest absolute Gasteiger partial charge is 0.326 e. The zero-order valence-corrected chi connectivity index (χ0v) is 13.5. The lowest BCUT2D eigenvalue weighted by Crippen LogP contribution is -2.41. The second-order valence-electron chi connectivity index (χ2n) is 5.83. The molecule has 124 valence electrons. The van der Waals surface area contributed by atoms with Gasteiger partial charge in [0.15, 0.2) is 5.76 Å². The second kappa shape index (κ2) is 7.28. The number of furan rings is 1. The average molecular weight is 319 g/mol. The van der Waals surface area contributed by atoms with Gasteiger partial charge in [-0.15, -0.1) is 0 Å². The van der Waals surface area contributed by atoms with Gasteiger partial charge in [-0.1, -0.05) is 32.0 Å². The third-order valence-corrected chi connectivity index (χ3v) is 3.50. The summed E-state index contributed by atoms with van der Waals surface area (Å²) in [6.45, 7) is 4.01. The van der Waals surface area contributed by atoms with Crippen LogP contribution in [0.3, 0.4) is 0 Å². The van der Waals surface area contributed by atoms with Crippen molar-refractivity contribution in [1.82, 2.24) is 5.32 Å². The first-order chi connectivity index (χ1) is 10.9. The second-order valence-corrected chi connectivity index (χ2v) is 5.83. The lowest BCUT2D eigenvalue weighted by molar-refractivity contribution is -0.139. The summed E-state index contributed by atoms with van der Waals surface area (Å²) in [5.74, 6) is -1.36. The van der Waals surface area contributed by atoms with Crippen LogP contribution in [0.5, 0.6) is 0 Å². The molecule has 6 heteroatoms. The number of carbonyl (C=O) groups excluding carboxylic acids is 1. The van der Waals surface area contributed by atoms with Crippen molar-refractivity contribution in [3.8, 4) is 0 Å². The summed E-state index contributed by atoms with van der Waals surface area (Å²) >= 11 is 0. The van der Waals surface area contributed by atoms with Gasteiger partial charge in [0.2, 0.25) is 0 Å². The van der Waals surface area contributed by atoms with Crippen molar-refractivity contribution in [1.29, 1.82) is 0 Å². The summed E-state index contributed by atoms with van der Waals surface area (Å²) in [6, 6.07) is 6.30. The Morgan fingerprint density at radius 1 is 1.30 bits per heavy atom. The molecule has 0 spiro atoms. The third-order valence-electron chi connectivity index (χ3n) is 3.50. The van der Waals surface area contributed by atoms with E-state index in [2.05, 4.69) is 5.32 Å². The van der Waals surface area contributed by atoms with E-state index in [9.17, 15) is 14.7 Å². The highest BCUT2D eigenvalue weighted by Gasteiger charge is 2.26. The van der Waals surface area contributed by atoms with Crippen molar-refractivity contribution in [2.24, 2.45) is 5.92 Å². The predicted molar refractivity (Wildman–Crippen MR) is 85.3 cm³/mol. The van der Waals surface area contributed by atoms with Gasteiger partial charge in [-0.25, -0.2) is 4.79 Å². The molecule has 1 aromatic heterocycles. The first-order valence-corrected chi connectivity index (χ1v) is 7.47. The maximum Gasteiger partial charge on any atom is 0.326 e. The van der Waals surface area contributed by atoms with Crippen LogP contribution in [0.1, 0.15) is 36.4 Å². The zero-order chi connectivity index (χ0) is 17.0. The van der Waals surface area contributed by atoms with Crippen molar-refractivity contribution >= 4 is 22.8 Å². The van der Waals surface area contributed by atoms with E-state index in [0.29, 0.717) is 17.6 Å². The number of methoxy groups -OCH3 is 1. The number of hydrogen-bond donors (Lipinski definition) is 2. The van der Waals surface area contributed by atoms with Crippen LogP contribution in [0.25, 0.3) is 11.0 Å². The molecule has 0 fully saturated rings. The summed E-state index contributed by atoms with van der Waals surface area (Å²) in [5, 5.41) is 12.6. The highest BCUT2D eigenvalue weighted by molar-refractivity contribution is 6.00. The molecule has 0 aliphatic carbocycles. The number of rotatable bonds is 7. The Bertz CT molecular complexity index is 704. The average Bonchev–Trinajstić information content (AvgIpc) is 2.85. The van der Waals surface area contributed by atoms with Gasteiger partial charge in [0, 0.05) is 18.1 Å². The number of fused-ring (bicyclic) bond motifs is 1. The molecule has 0 radical (unpaired) electrons. The van der Waals surface area contributed by atoms with Gasteiger partial charge in [0.05, 0.1) is 6.61 Å². The van der Waals surface area contributed by atoms with E-state index in [0.717, 1.165) is 5.39 Å². The number of nitrogens with one attached hydrogen (secondary N) is 1. The topological polar surface area (TPSA) is 88.8 Å². The molecule has 1 unspecified atom stereocenters. The Kier molecular flexibility index (Phi) is 5.39. The minimum atomic E-state index is -1.06. The van der Waals surface area contributed by atoms with Crippen LogP contribution in [0.15, 0.2) is 28.7 Å². The summed E-state index contributed by atoms with van der Waals surface area (Å²) < 4.78 is 10.8. The van der Waals surface area contributed by atoms with Crippen LogP contribution >= 0.6 is 0 Å². The van der Waals surface area contributed by atoms with Crippen molar-refractivity contribution in [2.75, 3.05) is 7.11 Å². The molecular formula is C17H21NO5. The largest absolute Gasteiger partial charge is 0.480 e. The van der Waals surface area contributed by atoms with Crippen molar-refractivity contribution in [2.45, 2.75) is 32.9 Å². The molecular weight excluding hydrogens is 298 g/mol. The molecule has 0 saturated heterocycles. The summed E-state index contributed by atoms with van der Waals surface area (Å²) in [4.78, 5) is 23.8. The van der Waals surface area contributed by atoms with Gasteiger partial charge in [0.1, 0.15) is 11.6 Å². The molecule has 2 aromatic rings. The molecule has 1 atom stereocenters. The molecule has 0 aliphatic rings. The summed E-state index contributed by atoms with van der Waals surface area (Å²) in [6.07, 6.45) is 0.348.